The predicted octanol–water partition coefficient (Wildman–Crippen LogP) is 4.76. The van der Waals surface area contributed by atoms with Gasteiger partial charge >= 0.3 is 12.4 Å². The van der Waals surface area contributed by atoms with Gasteiger partial charge in [0.25, 0.3) is 5.91 Å². The number of nitrogens with zero attached hydrogens (tertiary/aromatic N) is 1. The van der Waals surface area contributed by atoms with Crippen LogP contribution >= 0.6 is 11.3 Å². The van der Waals surface area contributed by atoms with E-state index >= 15 is 0 Å². The molecule has 0 fully saturated rings. The Morgan fingerprint density at radius 1 is 1.13 bits per heavy atom. The fraction of sp³-hybridized carbons (Fsp3) is 0.385. The molecule has 2 rings (SSSR count). The molecule has 0 bridgehead atoms. The minimum atomic E-state index is -5.78. The normalized spacial score (nSPS) is 13.3. The molecule has 0 aliphatic heterocycles. The van der Waals surface area contributed by atoms with Gasteiger partial charge in [0, 0.05) is 0 Å². The number of nitrogens with one attached hydrogen (secondary N) is 1. The lowest BCUT2D eigenvalue weighted by Gasteiger charge is -2.34. The molecule has 1 amide bonds. The quantitative estimate of drug-likeness (QED) is 0.806. The molecular formula is C13H10F6N2OS. The molecule has 2 aromatic rings. The van der Waals surface area contributed by atoms with Crippen LogP contribution in [0.3, 0.4) is 0 Å². The molecule has 0 aliphatic rings. The molecule has 0 unspecified atom stereocenters. The van der Waals surface area contributed by atoms with Crippen molar-refractivity contribution in [2.75, 3.05) is 5.32 Å². The topological polar surface area (TPSA) is 42.0 Å². The zero-order valence-electron chi connectivity index (χ0n) is 11.5. The number of rotatable bonds is 3. The summed E-state index contributed by atoms with van der Waals surface area (Å²) in [6, 6.07) is 6.36. The van der Waals surface area contributed by atoms with Gasteiger partial charge in [0.05, 0.1) is 10.2 Å². The van der Waals surface area contributed by atoms with Gasteiger partial charge in [-0.1, -0.05) is 30.4 Å². The average molecular weight is 356 g/mol. The second kappa shape index (κ2) is 5.66. The Kier molecular flexibility index (Phi) is 4.31. The van der Waals surface area contributed by atoms with Gasteiger partial charge in [-0.25, -0.2) is 4.98 Å². The zero-order valence-corrected chi connectivity index (χ0v) is 12.4. The summed E-state index contributed by atoms with van der Waals surface area (Å²) < 4.78 is 78.7. The van der Waals surface area contributed by atoms with Crippen molar-refractivity contribution >= 4 is 32.6 Å². The Balaban J connectivity index is 2.42. The lowest BCUT2D eigenvalue weighted by molar-refractivity contribution is -0.324. The number of carbonyl (C=O) groups is 1. The van der Waals surface area contributed by atoms with Crippen molar-refractivity contribution in [1.82, 2.24) is 4.98 Å². The van der Waals surface area contributed by atoms with Crippen LogP contribution in [0.25, 0.3) is 10.2 Å². The third-order valence-corrected chi connectivity index (χ3v) is 4.35. The second-order valence-corrected chi connectivity index (χ2v) is 5.73. The number of anilines is 1. The number of thiazole rings is 1. The Morgan fingerprint density at radius 2 is 1.70 bits per heavy atom. The van der Waals surface area contributed by atoms with E-state index in [1.54, 1.807) is 23.5 Å². The van der Waals surface area contributed by atoms with E-state index in [0.29, 0.717) is 17.1 Å². The third-order valence-electron chi connectivity index (χ3n) is 3.40. The van der Waals surface area contributed by atoms with Crippen molar-refractivity contribution in [3.63, 3.8) is 0 Å². The molecule has 0 atom stereocenters. The molecule has 3 nitrogen and oxygen atoms in total. The first-order valence-corrected chi connectivity index (χ1v) is 7.15. The fourth-order valence-corrected chi connectivity index (χ4v) is 2.97. The smallest absolute Gasteiger partial charge is 0.301 e. The van der Waals surface area contributed by atoms with E-state index in [1.165, 1.54) is 6.07 Å². The Bertz CT molecular complexity index is 674. The van der Waals surface area contributed by atoms with E-state index in [1.807, 2.05) is 0 Å². The van der Waals surface area contributed by atoms with Crippen molar-refractivity contribution in [3.8, 4) is 0 Å². The molecule has 10 heteroatoms. The van der Waals surface area contributed by atoms with Gasteiger partial charge in [0.15, 0.2) is 5.13 Å². The molecular weight excluding hydrogens is 346 g/mol. The molecule has 126 valence electrons. The number of hydrogen-bond acceptors (Lipinski definition) is 3. The van der Waals surface area contributed by atoms with E-state index in [2.05, 4.69) is 4.98 Å². The van der Waals surface area contributed by atoms with Gasteiger partial charge in [0.2, 0.25) is 5.41 Å². The average Bonchev–Trinajstić information content (AvgIpc) is 2.78. The van der Waals surface area contributed by atoms with Gasteiger partial charge in [-0.3, -0.25) is 4.79 Å². The maximum absolute atomic E-state index is 13.0. The molecule has 23 heavy (non-hydrogen) atoms. The maximum atomic E-state index is 13.0. The molecule has 0 aliphatic carbocycles. The molecule has 0 saturated heterocycles. The van der Waals surface area contributed by atoms with Gasteiger partial charge in [-0.2, -0.15) is 26.3 Å². The van der Waals surface area contributed by atoms with Crippen LogP contribution in [0.4, 0.5) is 31.5 Å². The predicted molar refractivity (Wildman–Crippen MR) is 73.1 cm³/mol. The van der Waals surface area contributed by atoms with Crippen LogP contribution in [0.2, 0.25) is 0 Å². The summed E-state index contributed by atoms with van der Waals surface area (Å²) in [6.07, 6.45) is -13.0. The number of para-hydroxylation sites is 1. The fourth-order valence-electron chi connectivity index (χ4n) is 2.11. The highest BCUT2D eigenvalue weighted by Gasteiger charge is 2.74. The SMILES string of the molecule is CCC(C(=O)Nc1nc2ccccc2s1)(C(F)(F)F)C(F)(F)F. The first kappa shape index (κ1) is 17.5. The van der Waals surface area contributed by atoms with Crippen LogP contribution in [0.5, 0.6) is 0 Å². The summed E-state index contributed by atoms with van der Waals surface area (Å²) in [5.41, 5.74) is -4.10. The molecule has 1 aromatic heterocycles. The molecule has 0 radical (unpaired) electrons. The van der Waals surface area contributed by atoms with Gasteiger partial charge in [0.1, 0.15) is 0 Å². The van der Waals surface area contributed by atoms with Gasteiger partial charge in [-0.05, 0) is 18.6 Å². The first-order valence-electron chi connectivity index (χ1n) is 6.33. The van der Waals surface area contributed by atoms with E-state index in [4.69, 9.17) is 0 Å². The van der Waals surface area contributed by atoms with Crippen molar-refractivity contribution < 1.29 is 31.1 Å². The van der Waals surface area contributed by atoms with Crippen molar-refractivity contribution in [1.29, 1.82) is 0 Å². The second-order valence-electron chi connectivity index (χ2n) is 4.70. The number of amides is 1. The number of halogens is 6. The number of fused-ring (bicyclic) bond motifs is 1. The number of alkyl halides is 6. The minimum absolute atomic E-state index is 0.317. The Labute approximate surface area is 130 Å². The van der Waals surface area contributed by atoms with Gasteiger partial charge < -0.3 is 5.32 Å². The summed E-state index contributed by atoms with van der Waals surface area (Å²) >= 11 is 0.796. The highest BCUT2D eigenvalue weighted by atomic mass is 32.1. The van der Waals surface area contributed by atoms with E-state index < -0.39 is 30.1 Å². The largest absolute Gasteiger partial charge is 0.412 e. The molecule has 1 aromatic carbocycles. The number of aromatic nitrogens is 1. The summed E-state index contributed by atoms with van der Waals surface area (Å²) in [4.78, 5) is 15.7. The van der Waals surface area contributed by atoms with Crippen LogP contribution in [0.15, 0.2) is 24.3 Å². The molecule has 0 spiro atoms. The van der Waals surface area contributed by atoms with Crippen LogP contribution < -0.4 is 5.32 Å². The summed E-state index contributed by atoms with van der Waals surface area (Å²) in [5, 5.41) is 1.35. The first-order chi connectivity index (χ1) is 10.5. The van der Waals surface area contributed by atoms with E-state index in [-0.39, 0.29) is 5.13 Å². The van der Waals surface area contributed by atoms with Gasteiger partial charge in [-0.15, -0.1) is 0 Å². The highest BCUT2D eigenvalue weighted by molar-refractivity contribution is 7.22. The maximum Gasteiger partial charge on any atom is 0.412 e. The van der Waals surface area contributed by atoms with Crippen LogP contribution in [0.1, 0.15) is 13.3 Å². The summed E-state index contributed by atoms with van der Waals surface area (Å²) in [7, 11) is 0. The highest BCUT2D eigenvalue weighted by Crippen LogP contribution is 2.53. The van der Waals surface area contributed by atoms with Crippen LogP contribution in [-0.2, 0) is 4.79 Å². The molecule has 1 heterocycles. The monoisotopic (exact) mass is 356 g/mol. The third kappa shape index (κ3) is 2.87. The summed E-state index contributed by atoms with van der Waals surface area (Å²) in [5.74, 6) is -2.18. The van der Waals surface area contributed by atoms with Crippen LogP contribution in [0, 0.1) is 5.41 Å². The standard InChI is InChI=1S/C13H10F6N2OS/c1-2-11(12(14,15)16,13(17,18)19)9(22)21-10-20-7-5-3-4-6-8(7)23-10/h3-6H,2H2,1H3,(H,20,21,22). The minimum Gasteiger partial charge on any atom is -0.301 e. The Morgan fingerprint density at radius 3 is 2.17 bits per heavy atom. The summed E-state index contributed by atoms with van der Waals surface area (Å²) in [6.45, 7) is 0.666. The molecule has 1 N–H and O–H groups in total. The number of hydrogen-bond donors (Lipinski definition) is 1. The zero-order chi connectivity index (χ0) is 17.5. The van der Waals surface area contributed by atoms with E-state index in [0.717, 1.165) is 11.3 Å². The van der Waals surface area contributed by atoms with Crippen molar-refractivity contribution in [2.45, 2.75) is 25.7 Å². The Hall–Kier alpha value is -1.84. The van der Waals surface area contributed by atoms with Crippen molar-refractivity contribution in [3.05, 3.63) is 24.3 Å². The molecule has 0 saturated carbocycles. The lowest BCUT2D eigenvalue weighted by Crippen LogP contribution is -2.57. The van der Waals surface area contributed by atoms with Crippen molar-refractivity contribution in [2.24, 2.45) is 5.41 Å². The number of carbonyl (C=O) groups excluding carboxylic acids is 1. The van der Waals surface area contributed by atoms with E-state index in [9.17, 15) is 31.1 Å². The van der Waals surface area contributed by atoms with Crippen LogP contribution in [-0.4, -0.2) is 23.2 Å². The number of benzene rings is 1. The lowest BCUT2D eigenvalue weighted by atomic mass is 9.82.